The Kier molecular flexibility index (Phi) is 6.65. The van der Waals surface area contributed by atoms with E-state index in [0.717, 1.165) is 11.1 Å². The number of carbonyl (C=O) groups is 1. The van der Waals surface area contributed by atoms with Gasteiger partial charge in [-0.05, 0) is 53.6 Å². The Bertz CT molecular complexity index is 957. The molecule has 142 valence electrons. The van der Waals surface area contributed by atoms with Crippen LogP contribution >= 0.6 is 11.6 Å². The Labute approximate surface area is 168 Å². The molecule has 0 aliphatic carbocycles. The molecule has 0 fully saturated rings. The average Bonchev–Trinajstić information content (AvgIpc) is 2.74. The third-order valence-electron chi connectivity index (χ3n) is 3.91. The van der Waals surface area contributed by atoms with Crippen molar-refractivity contribution in [2.45, 2.75) is 6.61 Å². The predicted octanol–water partition coefficient (Wildman–Crippen LogP) is 4.69. The zero-order chi connectivity index (χ0) is 19.8. The van der Waals surface area contributed by atoms with E-state index in [0.29, 0.717) is 28.7 Å². The molecule has 3 aromatic carbocycles. The maximum atomic E-state index is 12.0. The molecule has 3 aromatic rings. The van der Waals surface area contributed by atoms with Crippen molar-refractivity contribution in [1.82, 2.24) is 5.43 Å². The Morgan fingerprint density at radius 1 is 1.04 bits per heavy atom. The van der Waals surface area contributed by atoms with Gasteiger partial charge in [0, 0.05) is 10.6 Å². The molecule has 0 aromatic heterocycles. The lowest BCUT2D eigenvalue weighted by Gasteiger charge is -2.11. The topological polar surface area (TPSA) is 59.9 Å². The molecule has 0 saturated heterocycles. The Hall–Kier alpha value is -3.31. The minimum absolute atomic E-state index is 0.272. The van der Waals surface area contributed by atoms with Gasteiger partial charge in [0.2, 0.25) is 0 Å². The molecule has 0 atom stereocenters. The third kappa shape index (κ3) is 5.34. The van der Waals surface area contributed by atoms with Crippen LogP contribution in [0.1, 0.15) is 21.5 Å². The number of hydrazone groups is 1. The number of benzene rings is 3. The van der Waals surface area contributed by atoms with Gasteiger partial charge in [0.1, 0.15) is 6.61 Å². The summed E-state index contributed by atoms with van der Waals surface area (Å²) in [7, 11) is 1.57. The first kappa shape index (κ1) is 19.5. The summed E-state index contributed by atoms with van der Waals surface area (Å²) >= 11 is 5.89. The number of hydrogen-bond donors (Lipinski definition) is 1. The third-order valence-corrected chi connectivity index (χ3v) is 4.16. The summed E-state index contributed by atoms with van der Waals surface area (Å²) in [5, 5.41) is 4.68. The van der Waals surface area contributed by atoms with E-state index in [-0.39, 0.29) is 5.91 Å². The molecule has 0 aliphatic rings. The lowest BCUT2D eigenvalue weighted by atomic mass is 10.2. The smallest absolute Gasteiger partial charge is 0.271 e. The molecular formula is C22H19ClN2O3. The number of hydrogen-bond acceptors (Lipinski definition) is 4. The second-order valence-electron chi connectivity index (χ2n) is 5.89. The monoisotopic (exact) mass is 394 g/mol. The predicted molar refractivity (Wildman–Crippen MR) is 110 cm³/mol. The van der Waals surface area contributed by atoms with Crippen molar-refractivity contribution in [3.8, 4) is 11.5 Å². The second kappa shape index (κ2) is 9.58. The summed E-state index contributed by atoms with van der Waals surface area (Å²) in [4.78, 5) is 12.0. The van der Waals surface area contributed by atoms with Crippen LogP contribution in [-0.2, 0) is 6.61 Å². The van der Waals surface area contributed by atoms with Crippen LogP contribution in [0.15, 0.2) is 77.9 Å². The molecule has 0 spiro atoms. The lowest BCUT2D eigenvalue weighted by Crippen LogP contribution is -2.17. The van der Waals surface area contributed by atoms with Crippen LogP contribution in [0.3, 0.4) is 0 Å². The number of methoxy groups -OCH3 is 1. The van der Waals surface area contributed by atoms with Crippen LogP contribution in [0, 0.1) is 0 Å². The summed E-state index contributed by atoms with van der Waals surface area (Å²) in [6.45, 7) is 0.397. The number of halogens is 1. The van der Waals surface area contributed by atoms with Crippen molar-refractivity contribution < 1.29 is 14.3 Å². The van der Waals surface area contributed by atoms with Crippen molar-refractivity contribution in [2.24, 2.45) is 5.10 Å². The van der Waals surface area contributed by atoms with Crippen LogP contribution < -0.4 is 14.9 Å². The van der Waals surface area contributed by atoms with E-state index < -0.39 is 0 Å². The van der Waals surface area contributed by atoms with Gasteiger partial charge < -0.3 is 9.47 Å². The molecule has 3 rings (SSSR count). The van der Waals surface area contributed by atoms with Crippen LogP contribution in [0.25, 0.3) is 0 Å². The van der Waals surface area contributed by atoms with Gasteiger partial charge in [-0.25, -0.2) is 5.43 Å². The fourth-order valence-corrected chi connectivity index (χ4v) is 2.57. The number of ether oxygens (including phenoxy) is 2. The van der Waals surface area contributed by atoms with Crippen LogP contribution in [0.2, 0.25) is 5.02 Å². The molecule has 1 N–H and O–H groups in total. The molecule has 0 unspecified atom stereocenters. The Morgan fingerprint density at radius 2 is 1.79 bits per heavy atom. The van der Waals surface area contributed by atoms with Gasteiger partial charge in [-0.3, -0.25) is 4.79 Å². The molecule has 0 heterocycles. The highest BCUT2D eigenvalue weighted by Gasteiger charge is 2.06. The zero-order valence-electron chi connectivity index (χ0n) is 15.3. The van der Waals surface area contributed by atoms with Gasteiger partial charge in [-0.15, -0.1) is 0 Å². The van der Waals surface area contributed by atoms with Gasteiger partial charge >= 0.3 is 0 Å². The maximum absolute atomic E-state index is 12.0. The first-order valence-electron chi connectivity index (χ1n) is 8.59. The number of carbonyl (C=O) groups excluding carboxylic acids is 1. The molecule has 0 saturated carbocycles. The summed E-state index contributed by atoms with van der Waals surface area (Å²) in [5.41, 5.74) is 4.81. The first-order valence-corrected chi connectivity index (χ1v) is 8.97. The Balaban J connectivity index is 1.62. The normalized spacial score (nSPS) is 10.6. The maximum Gasteiger partial charge on any atom is 0.271 e. The summed E-state index contributed by atoms with van der Waals surface area (Å²) in [6, 6.07) is 21.8. The van der Waals surface area contributed by atoms with E-state index in [1.165, 1.54) is 0 Å². The molecular weight excluding hydrogens is 376 g/mol. The molecule has 0 radical (unpaired) electrons. The van der Waals surface area contributed by atoms with E-state index in [1.807, 2.05) is 36.4 Å². The first-order chi connectivity index (χ1) is 13.7. The summed E-state index contributed by atoms with van der Waals surface area (Å²) in [6.07, 6.45) is 1.55. The second-order valence-corrected chi connectivity index (χ2v) is 6.33. The molecule has 1 amide bonds. The molecule has 0 aliphatic heterocycles. The minimum atomic E-state index is -0.272. The van der Waals surface area contributed by atoms with Crippen molar-refractivity contribution in [3.05, 3.63) is 94.5 Å². The van der Waals surface area contributed by atoms with Gasteiger partial charge in [0.15, 0.2) is 11.5 Å². The van der Waals surface area contributed by atoms with Gasteiger partial charge in [-0.2, -0.15) is 5.10 Å². The number of amides is 1. The van der Waals surface area contributed by atoms with E-state index in [9.17, 15) is 4.79 Å². The molecule has 5 nitrogen and oxygen atoms in total. The molecule has 0 bridgehead atoms. The van der Waals surface area contributed by atoms with E-state index in [1.54, 1.807) is 49.7 Å². The SMILES string of the molecule is COc1cc(C=NNC(=O)c2ccccc2)ccc1OCc1ccc(Cl)cc1. The van der Waals surface area contributed by atoms with E-state index in [4.69, 9.17) is 21.1 Å². The highest BCUT2D eigenvalue weighted by Crippen LogP contribution is 2.28. The highest BCUT2D eigenvalue weighted by molar-refractivity contribution is 6.30. The minimum Gasteiger partial charge on any atom is -0.493 e. The van der Waals surface area contributed by atoms with Crippen molar-refractivity contribution in [2.75, 3.05) is 7.11 Å². The van der Waals surface area contributed by atoms with Crippen molar-refractivity contribution >= 4 is 23.7 Å². The van der Waals surface area contributed by atoms with Crippen molar-refractivity contribution in [1.29, 1.82) is 0 Å². The van der Waals surface area contributed by atoms with E-state index in [2.05, 4.69) is 10.5 Å². The Morgan fingerprint density at radius 3 is 2.50 bits per heavy atom. The standard InChI is InChI=1S/C22H19ClN2O3/c1-27-21-13-17(14-24-25-22(26)18-5-3-2-4-6-18)9-12-20(21)28-15-16-7-10-19(23)11-8-16/h2-14H,15H2,1H3,(H,25,26). The van der Waals surface area contributed by atoms with Gasteiger partial charge in [-0.1, -0.05) is 41.9 Å². The summed E-state index contributed by atoms with van der Waals surface area (Å²) < 4.78 is 11.2. The summed E-state index contributed by atoms with van der Waals surface area (Å²) in [5.74, 6) is 0.918. The van der Waals surface area contributed by atoms with E-state index >= 15 is 0 Å². The fraction of sp³-hybridized carbons (Fsp3) is 0.0909. The number of nitrogens with zero attached hydrogens (tertiary/aromatic N) is 1. The van der Waals surface area contributed by atoms with Gasteiger partial charge in [0.05, 0.1) is 13.3 Å². The van der Waals surface area contributed by atoms with Crippen LogP contribution in [0.4, 0.5) is 0 Å². The average molecular weight is 395 g/mol. The quantitative estimate of drug-likeness (QED) is 0.467. The highest BCUT2D eigenvalue weighted by atomic mass is 35.5. The zero-order valence-corrected chi connectivity index (χ0v) is 16.0. The molecule has 6 heteroatoms. The van der Waals surface area contributed by atoms with Gasteiger partial charge in [0.25, 0.3) is 5.91 Å². The van der Waals surface area contributed by atoms with Crippen LogP contribution in [0.5, 0.6) is 11.5 Å². The lowest BCUT2D eigenvalue weighted by molar-refractivity contribution is 0.0955. The van der Waals surface area contributed by atoms with Crippen molar-refractivity contribution in [3.63, 3.8) is 0 Å². The number of nitrogens with one attached hydrogen (secondary N) is 1. The fourth-order valence-electron chi connectivity index (χ4n) is 2.44. The molecule has 28 heavy (non-hydrogen) atoms. The van der Waals surface area contributed by atoms with Crippen LogP contribution in [-0.4, -0.2) is 19.2 Å². The largest absolute Gasteiger partial charge is 0.493 e. The number of rotatable bonds is 7.